The topological polar surface area (TPSA) is 63.2 Å². The van der Waals surface area contributed by atoms with E-state index in [0.29, 0.717) is 12.5 Å². The maximum absolute atomic E-state index is 7.01. The van der Waals surface area contributed by atoms with Gasteiger partial charge in [0.25, 0.3) is 5.84 Å². The third-order valence-electron chi connectivity index (χ3n) is 7.81. The second-order valence-corrected chi connectivity index (χ2v) is 10.3. The molecule has 2 aromatic rings. The van der Waals surface area contributed by atoms with Crippen molar-refractivity contribution in [2.45, 2.75) is 32.3 Å². The molecule has 0 aromatic heterocycles. The Morgan fingerprint density at radius 3 is 2.58 bits per heavy atom. The first-order chi connectivity index (χ1) is 17.7. The summed E-state index contributed by atoms with van der Waals surface area (Å²) in [6.45, 7) is 3.94. The molecule has 2 aromatic carbocycles. The van der Waals surface area contributed by atoms with Gasteiger partial charge in [-0.3, -0.25) is 9.89 Å². The van der Waals surface area contributed by atoms with E-state index in [-0.39, 0.29) is 4.59 Å². The monoisotopic (exact) mass is 480 g/mol. The van der Waals surface area contributed by atoms with Crippen LogP contribution >= 0.6 is 0 Å². The van der Waals surface area contributed by atoms with Gasteiger partial charge in [0.2, 0.25) is 5.70 Å². The SMILES string of the molecule is N[N+]12C=CN=CC1=C(C1CCC(CN3CC=CC3)CC1)N=C2c1cccc(OCc2ccccc2)c1. The van der Waals surface area contributed by atoms with Crippen molar-refractivity contribution >= 4 is 12.1 Å². The smallest absolute Gasteiger partial charge is 0.265 e. The molecule has 0 bridgehead atoms. The van der Waals surface area contributed by atoms with Crippen LogP contribution in [0.1, 0.15) is 36.8 Å². The molecule has 1 fully saturated rings. The lowest BCUT2D eigenvalue weighted by molar-refractivity contribution is -0.750. The van der Waals surface area contributed by atoms with E-state index in [9.17, 15) is 0 Å². The van der Waals surface area contributed by atoms with Crippen LogP contribution in [0.15, 0.2) is 101 Å². The van der Waals surface area contributed by atoms with Gasteiger partial charge in [-0.05, 0) is 55.4 Å². The van der Waals surface area contributed by atoms with Gasteiger partial charge in [-0.25, -0.2) is 0 Å². The van der Waals surface area contributed by atoms with Gasteiger partial charge >= 0.3 is 0 Å². The first-order valence-corrected chi connectivity index (χ1v) is 13.1. The minimum Gasteiger partial charge on any atom is -0.489 e. The highest BCUT2D eigenvalue weighted by molar-refractivity contribution is 6.00. The van der Waals surface area contributed by atoms with E-state index in [1.165, 1.54) is 19.4 Å². The van der Waals surface area contributed by atoms with Crippen molar-refractivity contribution in [3.05, 3.63) is 102 Å². The van der Waals surface area contributed by atoms with E-state index in [2.05, 4.69) is 46.3 Å². The fourth-order valence-electron chi connectivity index (χ4n) is 5.83. The van der Waals surface area contributed by atoms with Crippen molar-refractivity contribution in [2.24, 2.45) is 27.7 Å². The number of amidine groups is 1. The molecular formula is C30H34N5O+. The van der Waals surface area contributed by atoms with E-state index in [4.69, 9.17) is 15.6 Å². The summed E-state index contributed by atoms with van der Waals surface area (Å²) >= 11 is 0. The Hall–Kier alpha value is -3.32. The van der Waals surface area contributed by atoms with E-state index in [1.54, 1.807) is 6.20 Å². The summed E-state index contributed by atoms with van der Waals surface area (Å²) in [6.07, 6.45) is 15.0. The van der Waals surface area contributed by atoms with E-state index in [1.807, 2.05) is 42.7 Å². The molecule has 3 heterocycles. The van der Waals surface area contributed by atoms with Gasteiger partial charge in [-0.1, -0.05) is 48.6 Å². The molecule has 3 aliphatic heterocycles. The predicted octanol–water partition coefficient (Wildman–Crippen LogP) is 5.16. The molecular weight excluding hydrogens is 446 g/mol. The molecule has 6 rings (SSSR count). The first-order valence-electron chi connectivity index (χ1n) is 13.1. The van der Waals surface area contributed by atoms with Crippen LogP contribution in [0.4, 0.5) is 0 Å². The van der Waals surface area contributed by atoms with Crippen molar-refractivity contribution in [3.63, 3.8) is 0 Å². The number of nitrogens with zero attached hydrogens (tertiary/aromatic N) is 4. The quantitative estimate of drug-likeness (QED) is 0.338. The van der Waals surface area contributed by atoms with E-state index in [0.717, 1.165) is 66.0 Å². The number of nitrogens with two attached hydrogens (primary N) is 1. The summed E-state index contributed by atoms with van der Waals surface area (Å²) in [6, 6.07) is 18.3. The lowest BCUT2D eigenvalue weighted by atomic mass is 9.80. The average Bonchev–Trinajstić information content (AvgIpc) is 3.54. The Morgan fingerprint density at radius 2 is 1.78 bits per heavy atom. The van der Waals surface area contributed by atoms with E-state index >= 15 is 0 Å². The highest BCUT2D eigenvalue weighted by Gasteiger charge is 2.46. The van der Waals surface area contributed by atoms with Gasteiger partial charge in [-0.15, -0.1) is 4.59 Å². The van der Waals surface area contributed by atoms with Crippen LogP contribution in [0, 0.1) is 11.8 Å². The summed E-state index contributed by atoms with van der Waals surface area (Å²) < 4.78 is 6.17. The molecule has 0 radical (unpaired) electrons. The zero-order valence-electron chi connectivity index (χ0n) is 20.7. The largest absolute Gasteiger partial charge is 0.489 e. The second kappa shape index (κ2) is 9.97. The third kappa shape index (κ3) is 4.60. The highest BCUT2D eigenvalue weighted by atomic mass is 16.5. The fraction of sp³-hybridized carbons (Fsp3) is 0.333. The Bertz CT molecular complexity index is 1250. The number of fused-ring (bicyclic) bond motifs is 1. The molecule has 1 saturated carbocycles. The maximum atomic E-state index is 7.01. The minimum atomic E-state index is 0.0698. The van der Waals surface area contributed by atoms with E-state index < -0.39 is 0 Å². The molecule has 0 saturated heterocycles. The lowest BCUT2D eigenvalue weighted by Gasteiger charge is -2.31. The Labute approximate surface area is 213 Å². The summed E-state index contributed by atoms with van der Waals surface area (Å²) in [7, 11) is 0. The van der Waals surface area contributed by atoms with Gasteiger partial charge in [0.05, 0.1) is 18.0 Å². The highest BCUT2D eigenvalue weighted by Crippen LogP contribution is 2.41. The number of hydrogen-bond donors (Lipinski definition) is 1. The van der Waals surface area contributed by atoms with Crippen molar-refractivity contribution in [3.8, 4) is 5.75 Å². The number of rotatable bonds is 7. The van der Waals surface area contributed by atoms with Crippen LogP contribution < -0.4 is 10.6 Å². The van der Waals surface area contributed by atoms with Crippen molar-refractivity contribution < 1.29 is 9.33 Å². The summed E-state index contributed by atoms with van der Waals surface area (Å²) in [5.74, 6) is 9.84. The minimum absolute atomic E-state index is 0.0698. The molecule has 4 aliphatic rings. The van der Waals surface area contributed by atoms with Gasteiger partial charge < -0.3 is 4.74 Å². The number of hydrogen-bond acceptors (Lipinski definition) is 5. The second-order valence-electron chi connectivity index (χ2n) is 10.3. The average molecular weight is 481 g/mol. The fourth-order valence-corrected chi connectivity index (χ4v) is 5.83. The summed E-state index contributed by atoms with van der Waals surface area (Å²) in [5, 5.41) is 0. The van der Waals surface area contributed by atoms with Crippen LogP contribution in [0.25, 0.3) is 0 Å². The van der Waals surface area contributed by atoms with Crippen LogP contribution in [-0.2, 0) is 6.61 Å². The summed E-state index contributed by atoms with van der Waals surface area (Å²) in [5.41, 5.74) is 4.22. The molecule has 6 nitrogen and oxygen atoms in total. The normalized spacial score (nSPS) is 27.4. The number of allylic oxidation sites excluding steroid dienone is 2. The van der Waals surface area contributed by atoms with Crippen molar-refractivity contribution in [1.29, 1.82) is 0 Å². The molecule has 1 atom stereocenters. The zero-order chi connectivity index (χ0) is 24.4. The maximum Gasteiger partial charge on any atom is 0.265 e. The molecule has 0 spiro atoms. The van der Waals surface area contributed by atoms with Gasteiger partial charge in [0, 0.05) is 25.6 Å². The molecule has 184 valence electrons. The number of aliphatic imine (C=N–C) groups is 2. The standard InChI is InChI=1S/C30H34N5O/c31-35-18-15-32-20-28(35)29(25-13-11-23(12-14-25)21-34-16-4-5-17-34)33-30(35)26-9-6-10-27(19-26)36-22-24-7-2-1-3-8-24/h1-10,15,18-20,23,25H,11-14,16-17,21-22,31H2/q+1. The molecule has 6 heteroatoms. The number of benzene rings is 2. The van der Waals surface area contributed by atoms with Crippen LogP contribution in [0.2, 0.25) is 0 Å². The van der Waals surface area contributed by atoms with Crippen LogP contribution in [0.5, 0.6) is 5.75 Å². The molecule has 36 heavy (non-hydrogen) atoms. The predicted molar refractivity (Wildman–Crippen MR) is 144 cm³/mol. The molecule has 1 aliphatic carbocycles. The van der Waals surface area contributed by atoms with Crippen LogP contribution in [-0.4, -0.2) is 41.2 Å². The lowest BCUT2D eigenvalue weighted by Crippen LogP contribution is -2.53. The Balaban J connectivity index is 1.20. The molecule has 2 N–H and O–H groups in total. The molecule has 0 amide bonds. The van der Waals surface area contributed by atoms with Crippen molar-refractivity contribution in [2.75, 3.05) is 19.6 Å². The number of quaternary nitrogens is 1. The van der Waals surface area contributed by atoms with Gasteiger partial charge in [-0.2, -0.15) is 10.8 Å². The Kier molecular flexibility index (Phi) is 6.40. The third-order valence-corrected chi connectivity index (χ3v) is 7.81. The Morgan fingerprint density at radius 1 is 0.972 bits per heavy atom. The summed E-state index contributed by atoms with van der Waals surface area (Å²) in [4.78, 5) is 12.2. The van der Waals surface area contributed by atoms with Crippen LogP contribution in [0.3, 0.4) is 0 Å². The number of ether oxygens (including phenoxy) is 1. The molecule has 1 unspecified atom stereocenters. The zero-order valence-corrected chi connectivity index (χ0v) is 20.7. The van der Waals surface area contributed by atoms with Gasteiger partial charge in [0.15, 0.2) is 0 Å². The first kappa shape index (κ1) is 23.1. The van der Waals surface area contributed by atoms with Gasteiger partial charge in [0.1, 0.15) is 24.3 Å². The van der Waals surface area contributed by atoms with Crippen molar-refractivity contribution in [1.82, 2.24) is 4.90 Å².